The van der Waals surface area contributed by atoms with Crippen molar-refractivity contribution in [1.29, 1.82) is 0 Å². The number of rotatable bonds is 3. The van der Waals surface area contributed by atoms with E-state index in [0.29, 0.717) is 0 Å². The van der Waals surface area contributed by atoms with E-state index in [1.54, 1.807) is 11.9 Å². The number of nitrogens with one attached hydrogen (secondary N) is 1. The monoisotopic (exact) mass is 290 g/mol. The smallest absolute Gasteiger partial charge is 0.317 e. The number of hydrogen-bond acceptors (Lipinski definition) is 2. The SMILES string of the molecule is CC(CO)N(C)C(=O)NC1c2ccccc2CCC1(C)C. The van der Waals surface area contributed by atoms with Gasteiger partial charge in [0, 0.05) is 7.05 Å². The Morgan fingerprint density at radius 3 is 2.81 bits per heavy atom. The largest absolute Gasteiger partial charge is 0.394 e. The number of aliphatic hydroxyl groups is 1. The van der Waals surface area contributed by atoms with Crippen LogP contribution in [0.1, 0.15) is 44.4 Å². The molecular formula is C17H26N2O2. The number of urea groups is 1. The second-order valence-electron chi connectivity index (χ2n) is 6.71. The molecule has 0 saturated heterocycles. The summed E-state index contributed by atoms with van der Waals surface area (Å²) >= 11 is 0. The third-order valence-electron chi connectivity index (χ3n) is 4.70. The lowest BCUT2D eigenvalue weighted by molar-refractivity contribution is 0.141. The van der Waals surface area contributed by atoms with Gasteiger partial charge in [0.2, 0.25) is 0 Å². The molecule has 0 aromatic heterocycles. The first-order chi connectivity index (χ1) is 9.86. The van der Waals surface area contributed by atoms with Crippen LogP contribution in [0.5, 0.6) is 0 Å². The zero-order valence-electron chi connectivity index (χ0n) is 13.4. The van der Waals surface area contributed by atoms with Gasteiger partial charge in [-0.25, -0.2) is 4.79 Å². The molecule has 21 heavy (non-hydrogen) atoms. The fraction of sp³-hybridized carbons (Fsp3) is 0.588. The van der Waals surface area contributed by atoms with Gasteiger partial charge in [-0.05, 0) is 36.3 Å². The third kappa shape index (κ3) is 3.21. The van der Waals surface area contributed by atoms with Gasteiger partial charge in [0.25, 0.3) is 0 Å². The molecule has 0 spiro atoms. The Balaban J connectivity index is 2.23. The fourth-order valence-corrected chi connectivity index (χ4v) is 2.89. The van der Waals surface area contributed by atoms with Crippen molar-refractivity contribution in [3.8, 4) is 0 Å². The Hall–Kier alpha value is -1.55. The summed E-state index contributed by atoms with van der Waals surface area (Å²) in [6.45, 7) is 6.20. The summed E-state index contributed by atoms with van der Waals surface area (Å²) in [4.78, 5) is 14.0. The lowest BCUT2D eigenvalue weighted by Crippen LogP contribution is -2.49. The van der Waals surface area contributed by atoms with E-state index in [-0.39, 0.29) is 30.1 Å². The first-order valence-electron chi connectivity index (χ1n) is 7.59. The topological polar surface area (TPSA) is 52.6 Å². The molecule has 116 valence electrons. The van der Waals surface area contributed by atoms with Gasteiger partial charge in [0.15, 0.2) is 0 Å². The Morgan fingerprint density at radius 2 is 2.14 bits per heavy atom. The molecule has 4 heteroatoms. The van der Waals surface area contributed by atoms with Gasteiger partial charge in [0.1, 0.15) is 0 Å². The molecule has 2 amide bonds. The average molecular weight is 290 g/mol. The zero-order chi connectivity index (χ0) is 15.6. The van der Waals surface area contributed by atoms with Crippen LogP contribution in [0.4, 0.5) is 4.79 Å². The number of amides is 2. The van der Waals surface area contributed by atoms with Gasteiger partial charge in [-0.2, -0.15) is 0 Å². The number of benzene rings is 1. The van der Waals surface area contributed by atoms with Crippen LogP contribution in [0.3, 0.4) is 0 Å². The van der Waals surface area contributed by atoms with Crippen molar-refractivity contribution in [1.82, 2.24) is 10.2 Å². The summed E-state index contributed by atoms with van der Waals surface area (Å²) in [7, 11) is 1.72. The molecule has 1 aromatic rings. The van der Waals surface area contributed by atoms with Crippen molar-refractivity contribution in [2.45, 2.75) is 45.7 Å². The molecule has 1 aliphatic rings. The minimum atomic E-state index is -0.188. The number of nitrogens with zero attached hydrogens (tertiary/aromatic N) is 1. The summed E-state index contributed by atoms with van der Waals surface area (Å²) in [6.07, 6.45) is 2.10. The highest BCUT2D eigenvalue weighted by Gasteiger charge is 2.37. The minimum absolute atomic E-state index is 0.00305. The van der Waals surface area contributed by atoms with Crippen LogP contribution in [-0.2, 0) is 6.42 Å². The summed E-state index contributed by atoms with van der Waals surface area (Å²) in [6, 6.07) is 8.01. The number of hydrogen-bond donors (Lipinski definition) is 2. The summed E-state index contributed by atoms with van der Waals surface area (Å²) in [5, 5.41) is 12.4. The molecule has 2 unspecified atom stereocenters. The molecule has 2 rings (SSSR count). The Kier molecular flexibility index (Phi) is 4.57. The number of carbonyl (C=O) groups is 1. The summed E-state index contributed by atoms with van der Waals surface area (Å²) < 4.78 is 0. The first kappa shape index (κ1) is 15.8. The molecule has 0 radical (unpaired) electrons. The standard InChI is InChI=1S/C17H26N2O2/c1-12(11-20)19(4)16(21)18-15-14-8-6-5-7-13(14)9-10-17(15,2)3/h5-8,12,15,20H,9-11H2,1-4H3,(H,18,21). The molecule has 0 saturated carbocycles. The van der Waals surface area contributed by atoms with Crippen LogP contribution in [0.2, 0.25) is 0 Å². The van der Waals surface area contributed by atoms with Gasteiger partial charge < -0.3 is 15.3 Å². The van der Waals surface area contributed by atoms with Crippen molar-refractivity contribution in [3.63, 3.8) is 0 Å². The van der Waals surface area contributed by atoms with Gasteiger partial charge in [-0.3, -0.25) is 0 Å². The van der Waals surface area contributed by atoms with Gasteiger partial charge in [0.05, 0.1) is 18.7 Å². The number of aliphatic hydroxyl groups excluding tert-OH is 1. The van der Waals surface area contributed by atoms with Crippen molar-refractivity contribution in [2.24, 2.45) is 5.41 Å². The maximum absolute atomic E-state index is 12.4. The van der Waals surface area contributed by atoms with Crippen LogP contribution in [-0.4, -0.2) is 35.7 Å². The molecule has 4 nitrogen and oxygen atoms in total. The lowest BCUT2D eigenvalue weighted by Gasteiger charge is -2.41. The van der Waals surface area contributed by atoms with E-state index in [1.165, 1.54) is 11.1 Å². The van der Waals surface area contributed by atoms with E-state index in [0.717, 1.165) is 12.8 Å². The molecule has 2 atom stereocenters. The Bertz CT molecular complexity index is 513. The number of likely N-dealkylation sites (N-methyl/N-ethyl adjacent to an activating group) is 1. The van der Waals surface area contributed by atoms with E-state index in [2.05, 4.69) is 37.4 Å². The van der Waals surface area contributed by atoms with Crippen LogP contribution in [0.25, 0.3) is 0 Å². The first-order valence-corrected chi connectivity index (χ1v) is 7.59. The highest BCUT2D eigenvalue weighted by atomic mass is 16.3. The Labute approximate surface area is 127 Å². The second-order valence-corrected chi connectivity index (χ2v) is 6.71. The van der Waals surface area contributed by atoms with Crippen LogP contribution >= 0.6 is 0 Å². The zero-order valence-corrected chi connectivity index (χ0v) is 13.4. The molecule has 1 aromatic carbocycles. The van der Waals surface area contributed by atoms with E-state index in [1.807, 2.05) is 13.0 Å². The van der Waals surface area contributed by atoms with Crippen molar-refractivity contribution in [3.05, 3.63) is 35.4 Å². The molecule has 1 aliphatic carbocycles. The van der Waals surface area contributed by atoms with Crippen LogP contribution in [0, 0.1) is 5.41 Å². The summed E-state index contributed by atoms with van der Waals surface area (Å²) in [5.74, 6) is 0. The highest BCUT2D eigenvalue weighted by Crippen LogP contribution is 2.43. The fourth-order valence-electron chi connectivity index (χ4n) is 2.89. The maximum Gasteiger partial charge on any atom is 0.317 e. The number of aryl methyl sites for hydroxylation is 1. The van der Waals surface area contributed by atoms with Crippen molar-refractivity contribution >= 4 is 6.03 Å². The molecular weight excluding hydrogens is 264 g/mol. The van der Waals surface area contributed by atoms with Gasteiger partial charge >= 0.3 is 6.03 Å². The molecule has 0 fully saturated rings. The van der Waals surface area contributed by atoms with Crippen LogP contribution in [0.15, 0.2) is 24.3 Å². The summed E-state index contributed by atoms with van der Waals surface area (Å²) in [5.41, 5.74) is 2.56. The van der Waals surface area contributed by atoms with Crippen LogP contribution < -0.4 is 5.32 Å². The highest BCUT2D eigenvalue weighted by molar-refractivity contribution is 5.75. The molecule has 0 heterocycles. The quantitative estimate of drug-likeness (QED) is 0.899. The predicted octanol–water partition coefficient (Wildman–Crippen LogP) is 2.72. The minimum Gasteiger partial charge on any atom is -0.394 e. The molecule has 2 N–H and O–H groups in total. The second kappa shape index (κ2) is 6.06. The van der Waals surface area contributed by atoms with E-state index >= 15 is 0 Å². The van der Waals surface area contributed by atoms with E-state index in [9.17, 15) is 9.90 Å². The van der Waals surface area contributed by atoms with Crippen molar-refractivity contribution < 1.29 is 9.90 Å². The molecule has 0 bridgehead atoms. The average Bonchev–Trinajstić information content (AvgIpc) is 2.48. The normalized spacial score (nSPS) is 21.3. The predicted molar refractivity (Wildman–Crippen MR) is 84.1 cm³/mol. The third-order valence-corrected chi connectivity index (χ3v) is 4.70. The number of fused-ring (bicyclic) bond motifs is 1. The van der Waals surface area contributed by atoms with E-state index < -0.39 is 0 Å². The van der Waals surface area contributed by atoms with E-state index in [4.69, 9.17) is 0 Å². The Morgan fingerprint density at radius 1 is 1.48 bits per heavy atom. The molecule has 0 aliphatic heterocycles. The van der Waals surface area contributed by atoms with Crippen molar-refractivity contribution in [2.75, 3.05) is 13.7 Å². The van der Waals surface area contributed by atoms with Gasteiger partial charge in [-0.15, -0.1) is 0 Å². The maximum atomic E-state index is 12.4. The lowest BCUT2D eigenvalue weighted by atomic mass is 9.70. The number of carbonyl (C=O) groups excluding carboxylic acids is 1. The van der Waals surface area contributed by atoms with Gasteiger partial charge in [-0.1, -0.05) is 38.1 Å².